The predicted molar refractivity (Wildman–Crippen MR) is 57.2 cm³/mol. The maximum Gasteiger partial charge on any atom is 0.258 e. The van der Waals surface area contributed by atoms with Gasteiger partial charge >= 0.3 is 0 Å². The summed E-state index contributed by atoms with van der Waals surface area (Å²) in [7, 11) is 1.91. The number of hydrogen-bond acceptors (Lipinski definition) is 4. The summed E-state index contributed by atoms with van der Waals surface area (Å²) in [5.41, 5.74) is 2.15. The van der Waals surface area contributed by atoms with E-state index in [0.29, 0.717) is 11.7 Å². The van der Waals surface area contributed by atoms with Gasteiger partial charge in [0.05, 0.1) is 0 Å². The largest absolute Gasteiger partial charge is 0.334 e. The van der Waals surface area contributed by atoms with Crippen LogP contribution in [-0.2, 0) is 6.54 Å². The molecule has 1 aromatic heterocycles. The van der Waals surface area contributed by atoms with Crippen LogP contribution in [0.1, 0.15) is 11.4 Å². The van der Waals surface area contributed by atoms with Crippen LogP contribution in [0.5, 0.6) is 0 Å². The molecule has 0 saturated carbocycles. The SMILES string of the molecule is CNCc1ccccc1-c1nc(C)no1. The van der Waals surface area contributed by atoms with E-state index in [-0.39, 0.29) is 0 Å². The summed E-state index contributed by atoms with van der Waals surface area (Å²) in [5, 5.41) is 6.90. The van der Waals surface area contributed by atoms with E-state index < -0.39 is 0 Å². The summed E-state index contributed by atoms with van der Waals surface area (Å²) in [6.45, 7) is 2.60. The fourth-order valence-electron chi connectivity index (χ4n) is 1.48. The number of benzene rings is 1. The first-order chi connectivity index (χ1) is 7.31. The van der Waals surface area contributed by atoms with Crippen LogP contribution in [0.3, 0.4) is 0 Å². The molecule has 4 nitrogen and oxygen atoms in total. The van der Waals surface area contributed by atoms with E-state index in [4.69, 9.17) is 4.52 Å². The monoisotopic (exact) mass is 203 g/mol. The van der Waals surface area contributed by atoms with Crippen molar-refractivity contribution in [2.45, 2.75) is 13.5 Å². The molecule has 0 atom stereocenters. The standard InChI is InChI=1S/C11H13N3O/c1-8-13-11(15-14-8)10-6-4-3-5-9(10)7-12-2/h3-6,12H,7H2,1-2H3. The van der Waals surface area contributed by atoms with Gasteiger partial charge in [0.15, 0.2) is 5.82 Å². The lowest BCUT2D eigenvalue weighted by Gasteiger charge is -2.04. The second-order valence-corrected chi connectivity index (χ2v) is 3.33. The molecule has 0 bridgehead atoms. The van der Waals surface area contributed by atoms with E-state index >= 15 is 0 Å². The summed E-state index contributed by atoms with van der Waals surface area (Å²) in [6.07, 6.45) is 0. The first-order valence-corrected chi connectivity index (χ1v) is 4.84. The third-order valence-corrected chi connectivity index (χ3v) is 2.14. The van der Waals surface area contributed by atoms with Gasteiger partial charge in [-0.25, -0.2) is 0 Å². The minimum Gasteiger partial charge on any atom is -0.334 e. The highest BCUT2D eigenvalue weighted by atomic mass is 16.5. The van der Waals surface area contributed by atoms with Gasteiger partial charge in [-0.1, -0.05) is 23.4 Å². The predicted octanol–water partition coefficient (Wildman–Crippen LogP) is 1.76. The number of aryl methyl sites for hydroxylation is 1. The lowest BCUT2D eigenvalue weighted by Crippen LogP contribution is -2.06. The first kappa shape index (κ1) is 9.86. The summed E-state index contributed by atoms with van der Waals surface area (Å²) in [6, 6.07) is 8.00. The molecular weight excluding hydrogens is 190 g/mol. The molecule has 1 heterocycles. The smallest absolute Gasteiger partial charge is 0.258 e. The third-order valence-electron chi connectivity index (χ3n) is 2.14. The molecule has 1 aromatic carbocycles. The fraction of sp³-hybridized carbons (Fsp3) is 0.273. The zero-order chi connectivity index (χ0) is 10.7. The van der Waals surface area contributed by atoms with Crippen LogP contribution in [-0.4, -0.2) is 17.2 Å². The number of rotatable bonds is 3. The summed E-state index contributed by atoms with van der Waals surface area (Å²) >= 11 is 0. The average Bonchev–Trinajstić information content (AvgIpc) is 2.66. The van der Waals surface area contributed by atoms with Gasteiger partial charge in [0.1, 0.15) is 0 Å². The molecule has 1 N–H and O–H groups in total. The molecule has 0 spiro atoms. The molecule has 0 radical (unpaired) electrons. The van der Waals surface area contributed by atoms with Gasteiger partial charge in [-0.2, -0.15) is 4.98 Å². The lowest BCUT2D eigenvalue weighted by molar-refractivity contribution is 0.425. The molecule has 0 aliphatic rings. The Balaban J connectivity index is 2.42. The highest BCUT2D eigenvalue weighted by Crippen LogP contribution is 2.21. The number of nitrogens with one attached hydrogen (secondary N) is 1. The Hall–Kier alpha value is -1.68. The molecular formula is C11H13N3O. The zero-order valence-electron chi connectivity index (χ0n) is 8.82. The summed E-state index contributed by atoms with van der Waals surface area (Å²) < 4.78 is 5.15. The van der Waals surface area contributed by atoms with Gasteiger partial charge in [0, 0.05) is 12.1 Å². The molecule has 4 heteroatoms. The molecule has 0 fully saturated rings. The maximum absolute atomic E-state index is 5.15. The molecule has 2 aromatic rings. The first-order valence-electron chi connectivity index (χ1n) is 4.84. The average molecular weight is 203 g/mol. The topological polar surface area (TPSA) is 51.0 Å². The van der Waals surface area contributed by atoms with Crippen LogP contribution < -0.4 is 5.32 Å². The molecule has 78 valence electrons. The molecule has 0 aliphatic carbocycles. The van der Waals surface area contributed by atoms with Crippen LogP contribution in [0.2, 0.25) is 0 Å². The minimum absolute atomic E-state index is 0.582. The fourth-order valence-corrected chi connectivity index (χ4v) is 1.48. The van der Waals surface area contributed by atoms with Crippen molar-refractivity contribution in [1.82, 2.24) is 15.5 Å². The van der Waals surface area contributed by atoms with Gasteiger partial charge < -0.3 is 9.84 Å². The van der Waals surface area contributed by atoms with E-state index in [1.807, 2.05) is 38.2 Å². The number of nitrogens with zero attached hydrogens (tertiary/aromatic N) is 2. The van der Waals surface area contributed by atoms with Crippen molar-refractivity contribution in [3.8, 4) is 11.5 Å². The molecule has 0 saturated heterocycles. The highest BCUT2D eigenvalue weighted by molar-refractivity contribution is 5.58. The van der Waals surface area contributed by atoms with Gasteiger partial charge in [-0.05, 0) is 25.6 Å². The second-order valence-electron chi connectivity index (χ2n) is 3.33. The van der Waals surface area contributed by atoms with Gasteiger partial charge in [0.25, 0.3) is 5.89 Å². The van der Waals surface area contributed by atoms with E-state index in [1.54, 1.807) is 0 Å². The van der Waals surface area contributed by atoms with E-state index in [9.17, 15) is 0 Å². The third kappa shape index (κ3) is 2.05. The quantitative estimate of drug-likeness (QED) is 0.825. The molecule has 0 unspecified atom stereocenters. The Morgan fingerprint density at radius 3 is 2.80 bits per heavy atom. The Bertz CT molecular complexity index is 451. The molecule has 2 rings (SSSR count). The lowest BCUT2D eigenvalue weighted by atomic mass is 10.1. The van der Waals surface area contributed by atoms with Crippen LogP contribution in [0.25, 0.3) is 11.5 Å². The molecule has 0 aliphatic heterocycles. The Morgan fingerprint density at radius 1 is 1.33 bits per heavy atom. The van der Waals surface area contributed by atoms with Crippen molar-refractivity contribution in [3.63, 3.8) is 0 Å². The van der Waals surface area contributed by atoms with Crippen molar-refractivity contribution in [2.75, 3.05) is 7.05 Å². The Kier molecular flexibility index (Phi) is 2.78. The van der Waals surface area contributed by atoms with Crippen LogP contribution >= 0.6 is 0 Å². The van der Waals surface area contributed by atoms with Crippen LogP contribution in [0, 0.1) is 6.92 Å². The molecule has 15 heavy (non-hydrogen) atoms. The minimum atomic E-state index is 0.582. The van der Waals surface area contributed by atoms with Crippen molar-refractivity contribution in [1.29, 1.82) is 0 Å². The van der Waals surface area contributed by atoms with E-state index in [2.05, 4.69) is 15.5 Å². The highest BCUT2D eigenvalue weighted by Gasteiger charge is 2.09. The summed E-state index contributed by atoms with van der Waals surface area (Å²) in [5.74, 6) is 1.24. The van der Waals surface area contributed by atoms with E-state index in [1.165, 1.54) is 0 Å². The second kappa shape index (κ2) is 4.23. The van der Waals surface area contributed by atoms with E-state index in [0.717, 1.165) is 17.7 Å². The normalized spacial score (nSPS) is 10.5. The van der Waals surface area contributed by atoms with Crippen molar-refractivity contribution in [3.05, 3.63) is 35.7 Å². The number of aromatic nitrogens is 2. The molecule has 0 amide bonds. The Labute approximate surface area is 88.3 Å². The van der Waals surface area contributed by atoms with Gasteiger partial charge in [-0.3, -0.25) is 0 Å². The van der Waals surface area contributed by atoms with Crippen molar-refractivity contribution < 1.29 is 4.52 Å². The summed E-state index contributed by atoms with van der Waals surface area (Å²) in [4.78, 5) is 4.22. The van der Waals surface area contributed by atoms with Crippen LogP contribution in [0.4, 0.5) is 0 Å². The van der Waals surface area contributed by atoms with Gasteiger partial charge in [-0.15, -0.1) is 0 Å². The maximum atomic E-state index is 5.15. The Morgan fingerprint density at radius 2 is 2.13 bits per heavy atom. The number of hydrogen-bond donors (Lipinski definition) is 1. The van der Waals surface area contributed by atoms with Crippen molar-refractivity contribution >= 4 is 0 Å². The van der Waals surface area contributed by atoms with Crippen molar-refractivity contribution in [2.24, 2.45) is 0 Å². The van der Waals surface area contributed by atoms with Crippen LogP contribution in [0.15, 0.2) is 28.8 Å². The zero-order valence-corrected chi connectivity index (χ0v) is 8.82. The van der Waals surface area contributed by atoms with Gasteiger partial charge in [0.2, 0.25) is 0 Å².